The average Bonchev–Trinajstić information content (AvgIpc) is 2.63. The number of nitrogens with zero attached hydrogens (tertiary/aromatic N) is 3. The number of halogens is 3. The van der Waals surface area contributed by atoms with Crippen LogP contribution in [0.2, 0.25) is 0 Å². The molecule has 4 nitrogen and oxygen atoms in total. The summed E-state index contributed by atoms with van der Waals surface area (Å²) in [4.78, 5) is 19.6. The van der Waals surface area contributed by atoms with E-state index >= 15 is 0 Å². The molecule has 1 aromatic carbocycles. The predicted octanol–water partition coefficient (Wildman–Crippen LogP) is 3.69. The zero-order valence-corrected chi connectivity index (χ0v) is 13.5. The molecular formula is C19H14F3N3O. The Morgan fingerprint density at radius 3 is 2.38 bits per heavy atom. The minimum Gasteiger partial charge on any atom is -0.328 e. The van der Waals surface area contributed by atoms with Crippen molar-refractivity contribution in [3.05, 3.63) is 95.4 Å². The molecule has 132 valence electrons. The fourth-order valence-corrected chi connectivity index (χ4v) is 2.34. The molecule has 0 unspecified atom stereocenters. The van der Waals surface area contributed by atoms with Gasteiger partial charge in [0.2, 0.25) is 0 Å². The van der Waals surface area contributed by atoms with Crippen LogP contribution in [0.1, 0.15) is 21.6 Å². The highest BCUT2D eigenvalue weighted by atomic mass is 19.4. The van der Waals surface area contributed by atoms with Gasteiger partial charge in [-0.1, -0.05) is 36.4 Å². The van der Waals surface area contributed by atoms with E-state index in [1.807, 2.05) is 36.4 Å². The monoisotopic (exact) mass is 357 g/mol. The number of rotatable bonds is 3. The molecular weight excluding hydrogens is 343 g/mol. The molecule has 0 radical (unpaired) electrons. The summed E-state index contributed by atoms with van der Waals surface area (Å²) in [5.74, 6) is -0.653. The number of carbonyl (C=O) groups is 1. The maximum atomic E-state index is 12.6. The van der Waals surface area contributed by atoms with Crippen molar-refractivity contribution in [2.75, 3.05) is 0 Å². The van der Waals surface area contributed by atoms with Crippen molar-refractivity contribution in [2.45, 2.75) is 12.7 Å². The Balaban J connectivity index is 1.89. The lowest BCUT2D eigenvalue weighted by molar-refractivity contribution is -0.141. The number of benzene rings is 1. The van der Waals surface area contributed by atoms with E-state index in [9.17, 15) is 18.0 Å². The molecule has 0 aliphatic rings. The molecule has 0 N–H and O–H groups in total. The third-order valence-electron chi connectivity index (χ3n) is 3.63. The van der Waals surface area contributed by atoms with E-state index in [0.29, 0.717) is 12.0 Å². The van der Waals surface area contributed by atoms with Gasteiger partial charge < -0.3 is 4.57 Å². The van der Waals surface area contributed by atoms with Crippen molar-refractivity contribution in [3.8, 4) is 0 Å². The first kappa shape index (κ1) is 17.6. The molecule has 0 aliphatic carbocycles. The highest BCUT2D eigenvalue weighted by Crippen LogP contribution is 2.27. The molecule has 0 fully saturated rings. The quantitative estimate of drug-likeness (QED) is 0.718. The van der Waals surface area contributed by atoms with Crippen LogP contribution in [-0.4, -0.2) is 15.5 Å². The van der Waals surface area contributed by atoms with Crippen LogP contribution >= 0.6 is 0 Å². The summed E-state index contributed by atoms with van der Waals surface area (Å²) in [5, 5.41) is 0. The number of aromatic nitrogens is 2. The van der Waals surface area contributed by atoms with Crippen LogP contribution in [-0.2, 0) is 12.7 Å². The number of alkyl halides is 3. The van der Waals surface area contributed by atoms with E-state index in [-0.39, 0.29) is 5.56 Å². The van der Waals surface area contributed by atoms with Crippen LogP contribution in [0.5, 0.6) is 0 Å². The SMILES string of the molecule is O=C(N=c1ccccn1Cc1ccccc1)c1ccc(C(F)(F)F)nc1. The van der Waals surface area contributed by atoms with Crippen molar-refractivity contribution < 1.29 is 18.0 Å². The van der Waals surface area contributed by atoms with E-state index in [4.69, 9.17) is 0 Å². The fourth-order valence-electron chi connectivity index (χ4n) is 2.34. The van der Waals surface area contributed by atoms with Gasteiger partial charge in [0.1, 0.15) is 11.2 Å². The van der Waals surface area contributed by atoms with E-state index < -0.39 is 17.8 Å². The van der Waals surface area contributed by atoms with Gasteiger partial charge in [-0.2, -0.15) is 18.2 Å². The third-order valence-corrected chi connectivity index (χ3v) is 3.63. The predicted molar refractivity (Wildman–Crippen MR) is 89.1 cm³/mol. The lowest BCUT2D eigenvalue weighted by Crippen LogP contribution is -2.22. The Kier molecular flexibility index (Phi) is 4.97. The maximum Gasteiger partial charge on any atom is 0.433 e. The largest absolute Gasteiger partial charge is 0.433 e. The van der Waals surface area contributed by atoms with E-state index in [0.717, 1.165) is 23.9 Å². The van der Waals surface area contributed by atoms with Gasteiger partial charge >= 0.3 is 6.18 Å². The standard InChI is InChI=1S/C19H14F3N3O/c20-19(21,22)16-10-9-15(12-23-16)18(26)24-17-8-4-5-11-25(17)13-14-6-2-1-3-7-14/h1-12H,13H2. The molecule has 0 bridgehead atoms. The number of hydrogen-bond acceptors (Lipinski definition) is 2. The molecule has 7 heteroatoms. The summed E-state index contributed by atoms with van der Waals surface area (Å²) in [6, 6.07) is 16.7. The topological polar surface area (TPSA) is 47.2 Å². The van der Waals surface area contributed by atoms with Crippen molar-refractivity contribution in [2.24, 2.45) is 4.99 Å². The van der Waals surface area contributed by atoms with Crippen molar-refractivity contribution >= 4 is 5.91 Å². The normalized spacial score (nSPS) is 12.2. The van der Waals surface area contributed by atoms with Crippen LogP contribution in [0.4, 0.5) is 13.2 Å². The number of pyridine rings is 2. The van der Waals surface area contributed by atoms with Crippen molar-refractivity contribution in [1.29, 1.82) is 0 Å². The lowest BCUT2D eigenvalue weighted by Gasteiger charge is -2.07. The fraction of sp³-hybridized carbons (Fsp3) is 0.105. The zero-order valence-electron chi connectivity index (χ0n) is 13.5. The Morgan fingerprint density at radius 1 is 1.00 bits per heavy atom. The number of hydrogen-bond donors (Lipinski definition) is 0. The van der Waals surface area contributed by atoms with Gasteiger partial charge in [0.05, 0.1) is 5.56 Å². The highest BCUT2D eigenvalue weighted by molar-refractivity contribution is 5.94. The first-order valence-corrected chi connectivity index (χ1v) is 7.75. The average molecular weight is 357 g/mol. The van der Waals surface area contributed by atoms with Crippen LogP contribution in [0, 0.1) is 0 Å². The van der Waals surface area contributed by atoms with E-state index in [1.165, 1.54) is 0 Å². The molecule has 26 heavy (non-hydrogen) atoms. The number of amides is 1. The van der Waals surface area contributed by atoms with Crippen LogP contribution in [0.25, 0.3) is 0 Å². The van der Waals surface area contributed by atoms with Crippen LogP contribution in [0.15, 0.2) is 78.0 Å². The third kappa shape index (κ3) is 4.24. The van der Waals surface area contributed by atoms with E-state index in [1.54, 1.807) is 22.9 Å². The molecule has 0 saturated heterocycles. The molecule has 3 rings (SSSR count). The van der Waals surface area contributed by atoms with Gasteiger partial charge in [0.25, 0.3) is 5.91 Å². The molecule has 0 spiro atoms. The Bertz CT molecular complexity index is 962. The summed E-state index contributed by atoms with van der Waals surface area (Å²) in [6.45, 7) is 0.513. The molecule has 2 heterocycles. The molecule has 0 saturated carbocycles. The second kappa shape index (κ2) is 7.35. The van der Waals surface area contributed by atoms with Gasteiger partial charge in [-0.25, -0.2) is 0 Å². The molecule has 0 aliphatic heterocycles. The van der Waals surface area contributed by atoms with Crippen molar-refractivity contribution in [1.82, 2.24) is 9.55 Å². The molecule has 3 aromatic rings. The number of carbonyl (C=O) groups excluding carboxylic acids is 1. The van der Waals surface area contributed by atoms with Gasteiger partial charge in [-0.3, -0.25) is 9.78 Å². The zero-order chi connectivity index (χ0) is 18.6. The van der Waals surface area contributed by atoms with Gasteiger partial charge in [0, 0.05) is 18.9 Å². The van der Waals surface area contributed by atoms with Gasteiger partial charge in [0.15, 0.2) is 0 Å². The summed E-state index contributed by atoms with van der Waals surface area (Å²) < 4.78 is 39.4. The van der Waals surface area contributed by atoms with Gasteiger partial charge in [-0.05, 0) is 29.8 Å². The minimum atomic E-state index is -4.54. The van der Waals surface area contributed by atoms with Crippen molar-refractivity contribution in [3.63, 3.8) is 0 Å². The maximum absolute atomic E-state index is 12.6. The molecule has 0 atom stereocenters. The van der Waals surface area contributed by atoms with Crippen LogP contribution in [0.3, 0.4) is 0 Å². The first-order chi connectivity index (χ1) is 12.4. The van der Waals surface area contributed by atoms with E-state index in [2.05, 4.69) is 9.98 Å². The summed E-state index contributed by atoms with van der Waals surface area (Å²) in [7, 11) is 0. The molecule has 2 aromatic heterocycles. The van der Waals surface area contributed by atoms with Gasteiger partial charge in [-0.15, -0.1) is 0 Å². The smallest absolute Gasteiger partial charge is 0.328 e. The summed E-state index contributed by atoms with van der Waals surface area (Å²) >= 11 is 0. The molecule has 1 amide bonds. The first-order valence-electron chi connectivity index (χ1n) is 7.75. The Morgan fingerprint density at radius 2 is 1.73 bits per heavy atom. The lowest BCUT2D eigenvalue weighted by atomic mass is 10.2. The Hall–Kier alpha value is -3.22. The summed E-state index contributed by atoms with van der Waals surface area (Å²) in [6.07, 6.45) is -1.87. The Labute approximate surface area is 147 Å². The second-order valence-corrected chi connectivity index (χ2v) is 5.52. The summed E-state index contributed by atoms with van der Waals surface area (Å²) in [5.41, 5.74) is 0.381. The second-order valence-electron chi connectivity index (χ2n) is 5.52. The highest BCUT2D eigenvalue weighted by Gasteiger charge is 2.32. The van der Waals surface area contributed by atoms with Crippen LogP contribution < -0.4 is 5.49 Å². The minimum absolute atomic E-state index is 0.00638.